The molecule has 6 N–H and O–H groups in total. The maximum Gasteiger partial charge on any atom is 0.448 e. The van der Waals surface area contributed by atoms with E-state index in [2.05, 4.69) is 31.0 Å². The second kappa shape index (κ2) is 10.5. The number of fused-ring (bicyclic) bond motifs is 2. The molecule has 0 saturated heterocycles. The van der Waals surface area contributed by atoms with E-state index in [0.717, 1.165) is 21.7 Å². The van der Waals surface area contributed by atoms with Crippen molar-refractivity contribution in [3.8, 4) is 0 Å². The highest BCUT2D eigenvalue weighted by molar-refractivity contribution is 6.01. The molecule has 0 spiro atoms. The van der Waals surface area contributed by atoms with Crippen LogP contribution in [0, 0.1) is 0 Å². The first-order valence-corrected chi connectivity index (χ1v) is 12.1. The van der Waals surface area contributed by atoms with Crippen molar-refractivity contribution in [1.82, 2.24) is 25.2 Å². The summed E-state index contributed by atoms with van der Waals surface area (Å²) in [7, 11) is 1.67. The van der Waals surface area contributed by atoms with Crippen molar-refractivity contribution in [2.24, 2.45) is 0 Å². The first-order valence-electron chi connectivity index (χ1n) is 12.1. The topological polar surface area (TPSA) is 221 Å². The van der Waals surface area contributed by atoms with E-state index in [9.17, 15) is 28.8 Å². The third-order valence-corrected chi connectivity index (χ3v) is 6.56. The molecule has 5 rings (SSSR count). The van der Waals surface area contributed by atoms with Crippen molar-refractivity contribution in [3.63, 3.8) is 0 Å². The van der Waals surface area contributed by atoms with Gasteiger partial charge in [0, 0.05) is 19.3 Å². The molecule has 15 nitrogen and oxygen atoms in total. The lowest BCUT2D eigenvalue weighted by Gasteiger charge is -2.15. The molecule has 2 aromatic carbocycles. The first kappa shape index (κ1) is 26.9. The number of amides is 4. The maximum absolute atomic E-state index is 13.3. The summed E-state index contributed by atoms with van der Waals surface area (Å²) >= 11 is 0. The minimum Gasteiger partial charge on any atom is -0.478 e. The molecule has 1 aliphatic heterocycles. The Morgan fingerprint density at radius 1 is 1.07 bits per heavy atom. The Kier molecular flexibility index (Phi) is 6.86. The van der Waals surface area contributed by atoms with Gasteiger partial charge in [0.1, 0.15) is 11.4 Å². The first-order chi connectivity index (χ1) is 19.5. The molecule has 4 amide bonds. The number of quaternary nitrogens is 1. The number of benzene rings is 2. The van der Waals surface area contributed by atoms with Crippen LogP contribution in [0.5, 0.6) is 0 Å². The highest BCUT2D eigenvalue weighted by atomic mass is 16.5. The normalized spacial score (nSPS) is 13.1. The van der Waals surface area contributed by atoms with Crippen LogP contribution in [-0.2, 0) is 22.6 Å². The van der Waals surface area contributed by atoms with Gasteiger partial charge in [-0.1, -0.05) is 24.3 Å². The van der Waals surface area contributed by atoms with E-state index in [0.29, 0.717) is 12.0 Å². The Bertz CT molecular complexity index is 1810. The van der Waals surface area contributed by atoms with Gasteiger partial charge in [0.15, 0.2) is 6.04 Å². The average molecular weight is 561 g/mol. The molecule has 0 radical (unpaired) electrons. The average Bonchev–Trinajstić information content (AvgIpc) is 3.47. The fourth-order valence-electron chi connectivity index (χ4n) is 4.38. The van der Waals surface area contributed by atoms with E-state index in [4.69, 9.17) is 5.11 Å². The number of carboxylic acids is 1. The summed E-state index contributed by atoms with van der Waals surface area (Å²) in [5.41, 5.74) is 5.24. The van der Waals surface area contributed by atoms with E-state index >= 15 is 0 Å². The van der Waals surface area contributed by atoms with Crippen LogP contribution >= 0.6 is 0 Å². The lowest BCUT2D eigenvalue weighted by molar-refractivity contribution is -0.308. The fourth-order valence-corrected chi connectivity index (χ4v) is 4.38. The van der Waals surface area contributed by atoms with Crippen molar-refractivity contribution < 1.29 is 39.3 Å². The summed E-state index contributed by atoms with van der Waals surface area (Å²) in [6.45, 7) is 0.0680. The zero-order valence-corrected chi connectivity index (χ0v) is 21.4. The second-order valence-corrected chi connectivity index (χ2v) is 9.19. The smallest absolute Gasteiger partial charge is 0.448 e. The van der Waals surface area contributed by atoms with Crippen LogP contribution in [0.25, 0.3) is 5.78 Å². The third-order valence-electron chi connectivity index (χ3n) is 6.56. The maximum atomic E-state index is 13.3. The molecule has 41 heavy (non-hydrogen) atoms. The van der Waals surface area contributed by atoms with Gasteiger partial charge >= 0.3 is 17.6 Å². The molecule has 2 aromatic heterocycles. The van der Waals surface area contributed by atoms with Crippen LogP contribution in [0.2, 0.25) is 0 Å². The molecule has 1 atom stereocenters. The highest BCUT2D eigenvalue weighted by Crippen LogP contribution is 2.28. The van der Waals surface area contributed by atoms with Gasteiger partial charge in [-0.2, -0.15) is 0 Å². The zero-order chi connectivity index (χ0) is 29.4. The monoisotopic (exact) mass is 560 g/mol. The molecule has 4 aromatic rings. The molecular formula is C26H22N7O8+. The van der Waals surface area contributed by atoms with Gasteiger partial charge in [-0.3, -0.25) is 24.6 Å². The van der Waals surface area contributed by atoms with Gasteiger partial charge in [-0.05, 0) is 46.1 Å². The zero-order valence-electron chi connectivity index (χ0n) is 21.4. The van der Waals surface area contributed by atoms with Crippen molar-refractivity contribution in [2.75, 3.05) is 11.9 Å². The summed E-state index contributed by atoms with van der Waals surface area (Å²) < 4.78 is 5.35. The predicted molar refractivity (Wildman–Crippen MR) is 138 cm³/mol. The lowest BCUT2D eigenvalue weighted by atomic mass is 10.0. The number of aromatic nitrogens is 3. The van der Waals surface area contributed by atoms with Crippen molar-refractivity contribution in [2.45, 2.75) is 19.0 Å². The van der Waals surface area contributed by atoms with Crippen LogP contribution in [0.4, 0.5) is 5.69 Å². The molecule has 15 heteroatoms. The number of hydrogen-bond donors (Lipinski definition) is 4. The van der Waals surface area contributed by atoms with E-state index < -0.39 is 41.2 Å². The van der Waals surface area contributed by atoms with Crippen molar-refractivity contribution in [1.29, 1.82) is 0 Å². The number of aromatic carboxylic acids is 1. The summed E-state index contributed by atoms with van der Waals surface area (Å²) in [5.74, 6) is -4.99. The Hall–Kier alpha value is -5.70. The van der Waals surface area contributed by atoms with E-state index in [-0.39, 0.29) is 35.1 Å². The number of rotatable bonds is 8. The molecule has 0 saturated carbocycles. The Labute approximate surface area is 229 Å². The van der Waals surface area contributed by atoms with Gasteiger partial charge in [-0.25, -0.2) is 23.8 Å². The Balaban J connectivity index is 1.40. The quantitative estimate of drug-likeness (QED) is 0.207. The SMILES string of the molecule is CN1C(=O)Cc2ccc(CNC(=O)c3cc(C(=O)N[C@@H](C([NH3+])=O)c4ccc(C(=O)O)cc4)n4c(=O)onc4n3)cc21. The summed E-state index contributed by atoms with van der Waals surface area (Å²) in [5, 5.41) is 17.7. The number of anilines is 1. The summed E-state index contributed by atoms with van der Waals surface area (Å²) in [4.78, 5) is 79.5. The van der Waals surface area contributed by atoms with Crippen LogP contribution < -0.4 is 27.0 Å². The number of carboxylic acid groups (broad SMARTS) is 1. The molecular weight excluding hydrogens is 538 g/mol. The standard InChI is InChI=1S/C26H21N7O8/c1-32-17-8-12(2-3-15(17)9-19(32)34)11-28-22(36)16-10-18(33-25(29-16)31-41-26(33)40)23(37)30-20(21(27)35)13-4-6-14(7-5-13)24(38)39/h2-8,10,20H,9,11H2,1H3,(H2,27,35)(H,28,36)(H,30,37)(H,38,39)/p+1/t20-/m1/s1. The number of hydrogen-bond acceptors (Lipinski definition) is 9. The molecule has 1 aliphatic rings. The van der Waals surface area contributed by atoms with E-state index in [1.54, 1.807) is 19.2 Å². The fraction of sp³-hybridized carbons (Fsp3) is 0.154. The van der Waals surface area contributed by atoms with E-state index in [1.165, 1.54) is 29.2 Å². The minimum absolute atomic E-state index is 0.0294. The Morgan fingerprint density at radius 3 is 2.49 bits per heavy atom. The van der Waals surface area contributed by atoms with Crippen LogP contribution in [0.15, 0.2) is 57.8 Å². The molecule has 0 fully saturated rings. The highest BCUT2D eigenvalue weighted by Gasteiger charge is 2.28. The molecule has 0 bridgehead atoms. The molecule has 0 aliphatic carbocycles. The molecule has 208 valence electrons. The van der Waals surface area contributed by atoms with Gasteiger partial charge < -0.3 is 20.6 Å². The van der Waals surface area contributed by atoms with Crippen LogP contribution in [-0.4, -0.2) is 56.3 Å². The number of likely N-dealkylation sites (N-methyl/N-ethyl adjacent to an activating group) is 1. The minimum atomic E-state index is -1.30. The van der Waals surface area contributed by atoms with Gasteiger partial charge in [0.2, 0.25) is 5.91 Å². The van der Waals surface area contributed by atoms with Crippen LogP contribution in [0.3, 0.4) is 0 Å². The van der Waals surface area contributed by atoms with E-state index in [1.807, 2.05) is 6.07 Å². The second-order valence-electron chi connectivity index (χ2n) is 9.19. The molecule has 3 heterocycles. The van der Waals surface area contributed by atoms with Gasteiger partial charge in [-0.15, -0.1) is 0 Å². The van der Waals surface area contributed by atoms with Crippen LogP contribution in [0.1, 0.15) is 54.1 Å². The van der Waals surface area contributed by atoms with Gasteiger partial charge in [0.25, 0.3) is 17.6 Å². The predicted octanol–water partition coefficient (Wildman–Crippen LogP) is -0.931. The lowest BCUT2D eigenvalue weighted by Crippen LogP contribution is -2.62. The Morgan fingerprint density at radius 2 is 1.80 bits per heavy atom. The summed E-state index contributed by atoms with van der Waals surface area (Å²) in [6.07, 6.45) is 0.304. The largest absolute Gasteiger partial charge is 0.478 e. The summed E-state index contributed by atoms with van der Waals surface area (Å²) in [6, 6.07) is 10.3. The number of nitrogens with one attached hydrogen (secondary N) is 2. The number of carbonyl (C=O) groups excluding carboxylic acids is 4. The molecule has 0 unspecified atom stereocenters. The number of nitrogens with zero attached hydrogens (tertiary/aromatic N) is 4. The van der Waals surface area contributed by atoms with Gasteiger partial charge in [0.05, 0.1) is 12.0 Å². The van der Waals surface area contributed by atoms with Crippen molar-refractivity contribution >= 4 is 41.1 Å². The number of carbonyl (C=O) groups is 5. The third kappa shape index (κ3) is 5.16. The van der Waals surface area contributed by atoms with Crippen molar-refractivity contribution in [3.05, 3.63) is 92.7 Å².